The largest absolute Gasteiger partial charge is 0.393 e. The first kappa shape index (κ1) is 24.9. The van der Waals surface area contributed by atoms with Gasteiger partial charge in [0.2, 0.25) is 0 Å². The molecule has 0 aromatic carbocycles. The van der Waals surface area contributed by atoms with Crippen LogP contribution in [-0.2, 0) is 10.1 Å². The van der Waals surface area contributed by atoms with Crippen molar-refractivity contribution >= 4 is 10.1 Å². The molecule has 0 fully saturated rings. The Morgan fingerprint density at radius 3 is 1.48 bits per heavy atom. The lowest BCUT2D eigenvalue weighted by atomic mass is 10.0. The minimum atomic E-state index is -3.86. The standard InChI is InChI=1S/C20H42O4S/c1-3-5-13-16-19(21)17-14-11-9-7-6-8-10-12-15-18-20(4-2)25(22,23)24/h19-21H,3-18H2,1-2H3,(H,22,23,24). The van der Waals surface area contributed by atoms with Crippen LogP contribution in [0.5, 0.6) is 0 Å². The van der Waals surface area contributed by atoms with Gasteiger partial charge in [-0.1, -0.05) is 90.9 Å². The number of aliphatic hydroxyl groups is 1. The van der Waals surface area contributed by atoms with Crippen LogP contribution in [0.3, 0.4) is 0 Å². The van der Waals surface area contributed by atoms with Crippen LogP contribution in [0, 0.1) is 0 Å². The van der Waals surface area contributed by atoms with Gasteiger partial charge < -0.3 is 5.11 Å². The van der Waals surface area contributed by atoms with Crippen molar-refractivity contribution in [1.82, 2.24) is 0 Å². The Hall–Kier alpha value is -0.130. The number of aliphatic hydroxyl groups excluding tert-OH is 1. The number of hydrogen-bond donors (Lipinski definition) is 2. The van der Waals surface area contributed by atoms with Crippen molar-refractivity contribution < 1.29 is 18.1 Å². The average molecular weight is 379 g/mol. The molecule has 5 heteroatoms. The van der Waals surface area contributed by atoms with Gasteiger partial charge in [0.1, 0.15) is 0 Å². The van der Waals surface area contributed by atoms with E-state index in [9.17, 15) is 13.5 Å². The normalized spacial score (nSPS) is 14.6. The van der Waals surface area contributed by atoms with Crippen molar-refractivity contribution in [2.45, 2.75) is 128 Å². The fourth-order valence-corrected chi connectivity index (χ4v) is 4.21. The van der Waals surface area contributed by atoms with Crippen molar-refractivity contribution in [2.24, 2.45) is 0 Å². The molecule has 2 unspecified atom stereocenters. The first-order valence-corrected chi connectivity index (χ1v) is 12.1. The molecular formula is C20H42O4S. The number of rotatable bonds is 18. The van der Waals surface area contributed by atoms with Gasteiger partial charge in [0.05, 0.1) is 11.4 Å². The van der Waals surface area contributed by atoms with Crippen LogP contribution in [0.25, 0.3) is 0 Å². The Bertz CT molecular complexity index is 381. The third-order valence-corrected chi connectivity index (χ3v) is 6.49. The Kier molecular flexibility index (Phi) is 16.0. The molecule has 0 aliphatic carbocycles. The Morgan fingerprint density at radius 1 is 0.680 bits per heavy atom. The van der Waals surface area contributed by atoms with E-state index in [-0.39, 0.29) is 6.10 Å². The summed E-state index contributed by atoms with van der Waals surface area (Å²) in [5.41, 5.74) is 0. The van der Waals surface area contributed by atoms with Crippen molar-refractivity contribution in [2.75, 3.05) is 0 Å². The molecule has 0 aromatic rings. The van der Waals surface area contributed by atoms with E-state index in [2.05, 4.69) is 6.92 Å². The lowest BCUT2D eigenvalue weighted by molar-refractivity contribution is 0.147. The van der Waals surface area contributed by atoms with Gasteiger partial charge in [-0.25, -0.2) is 0 Å². The van der Waals surface area contributed by atoms with E-state index >= 15 is 0 Å². The fourth-order valence-electron chi connectivity index (χ4n) is 3.33. The maximum absolute atomic E-state index is 11.1. The highest BCUT2D eigenvalue weighted by Gasteiger charge is 2.19. The second kappa shape index (κ2) is 16.1. The zero-order chi connectivity index (χ0) is 19.0. The number of unbranched alkanes of at least 4 members (excludes halogenated alkanes) is 10. The van der Waals surface area contributed by atoms with Crippen LogP contribution >= 0.6 is 0 Å². The molecule has 0 aliphatic heterocycles. The van der Waals surface area contributed by atoms with Crippen LogP contribution < -0.4 is 0 Å². The quantitative estimate of drug-likeness (QED) is 0.230. The third kappa shape index (κ3) is 15.8. The van der Waals surface area contributed by atoms with Crippen molar-refractivity contribution in [1.29, 1.82) is 0 Å². The van der Waals surface area contributed by atoms with E-state index in [1.807, 2.05) is 6.92 Å². The zero-order valence-electron chi connectivity index (χ0n) is 16.6. The lowest BCUT2D eigenvalue weighted by Crippen LogP contribution is -2.19. The minimum Gasteiger partial charge on any atom is -0.393 e. The molecule has 0 bridgehead atoms. The molecule has 4 nitrogen and oxygen atoms in total. The van der Waals surface area contributed by atoms with Gasteiger partial charge in [-0.15, -0.1) is 0 Å². The maximum atomic E-state index is 11.1. The van der Waals surface area contributed by atoms with Crippen LogP contribution in [-0.4, -0.2) is 29.4 Å². The summed E-state index contributed by atoms with van der Waals surface area (Å²) in [5, 5.41) is 9.27. The summed E-state index contributed by atoms with van der Waals surface area (Å²) in [6.07, 6.45) is 16.9. The lowest BCUT2D eigenvalue weighted by Gasteiger charge is -2.11. The Balaban J connectivity index is 3.34. The van der Waals surface area contributed by atoms with Gasteiger partial charge in [0.15, 0.2) is 0 Å². The monoisotopic (exact) mass is 378 g/mol. The second-order valence-electron chi connectivity index (χ2n) is 7.45. The zero-order valence-corrected chi connectivity index (χ0v) is 17.4. The summed E-state index contributed by atoms with van der Waals surface area (Å²) >= 11 is 0. The molecular weight excluding hydrogens is 336 g/mol. The smallest absolute Gasteiger partial charge is 0.267 e. The molecule has 2 atom stereocenters. The highest BCUT2D eigenvalue weighted by molar-refractivity contribution is 7.86. The molecule has 0 aromatic heterocycles. The van der Waals surface area contributed by atoms with Crippen LogP contribution in [0.1, 0.15) is 117 Å². The van der Waals surface area contributed by atoms with Crippen LogP contribution in [0.4, 0.5) is 0 Å². The molecule has 0 saturated heterocycles. The molecule has 0 amide bonds. The van der Waals surface area contributed by atoms with Crippen molar-refractivity contribution in [3.8, 4) is 0 Å². The van der Waals surface area contributed by atoms with E-state index in [0.29, 0.717) is 12.8 Å². The average Bonchev–Trinajstić information content (AvgIpc) is 2.55. The van der Waals surface area contributed by atoms with E-state index < -0.39 is 15.4 Å². The summed E-state index contributed by atoms with van der Waals surface area (Å²) in [7, 11) is -3.86. The Labute approximate surface area is 156 Å². The molecule has 0 saturated carbocycles. The first-order chi connectivity index (χ1) is 11.9. The molecule has 0 heterocycles. The highest BCUT2D eigenvalue weighted by atomic mass is 32.2. The summed E-state index contributed by atoms with van der Waals surface area (Å²) in [6.45, 7) is 4.00. The van der Waals surface area contributed by atoms with E-state index in [4.69, 9.17) is 4.55 Å². The number of hydrogen-bond acceptors (Lipinski definition) is 3. The highest BCUT2D eigenvalue weighted by Crippen LogP contribution is 2.16. The van der Waals surface area contributed by atoms with Gasteiger partial charge in [-0.05, 0) is 25.7 Å². The molecule has 0 radical (unpaired) electrons. The SMILES string of the molecule is CCCCCC(O)CCCCCCCCCCCC(CC)S(=O)(=O)O. The molecule has 0 aliphatic rings. The summed E-state index contributed by atoms with van der Waals surface area (Å²) in [4.78, 5) is 0. The van der Waals surface area contributed by atoms with E-state index in [0.717, 1.165) is 44.9 Å². The third-order valence-electron chi connectivity index (χ3n) is 5.08. The van der Waals surface area contributed by atoms with Crippen LogP contribution in [0.2, 0.25) is 0 Å². The molecule has 152 valence electrons. The fraction of sp³-hybridized carbons (Fsp3) is 1.00. The van der Waals surface area contributed by atoms with Gasteiger partial charge in [0, 0.05) is 0 Å². The van der Waals surface area contributed by atoms with Crippen LogP contribution in [0.15, 0.2) is 0 Å². The second-order valence-corrected chi connectivity index (χ2v) is 9.15. The van der Waals surface area contributed by atoms with Gasteiger partial charge >= 0.3 is 0 Å². The summed E-state index contributed by atoms with van der Waals surface area (Å²) in [6, 6.07) is 0. The van der Waals surface area contributed by atoms with Crippen molar-refractivity contribution in [3.05, 3.63) is 0 Å². The van der Waals surface area contributed by atoms with E-state index in [1.54, 1.807) is 0 Å². The summed E-state index contributed by atoms with van der Waals surface area (Å²) in [5.74, 6) is 0. The topological polar surface area (TPSA) is 74.6 Å². The van der Waals surface area contributed by atoms with E-state index in [1.165, 1.54) is 44.9 Å². The molecule has 0 rings (SSSR count). The maximum Gasteiger partial charge on any atom is 0.267 e. The van der Waals surface area contributed by atoms with Gasteiger partial charge in [-0.3, -0.25) is 4.55 Å². The summed E-state index contributed by atoms with van der Waals surface area (Å²) < 4.78 is 31.3. The minimum absolute atomic E-state index is 0.0961. The van der Waals surface area contributed by atoms with Crippen molar-refractivity contribution in [3.63, 3.8) is 0 Å². The van der Waals surface area contributed by atoms with Gasteiger partial charge in [0.25, 0.3) is 10.1 Å². The predicted octanol–water partition coefficient (Wildman–Crippen LogP) is 5.89. The first-order valence-electron chi connectivity index (χ1n) is 10.6. The predicted molar refractivity (Wildman–Crippen MR) is 107 cm³/mol. The molecule has 25 heavy (non-hydrogen) atoms. The van der Waals surface area contributed by atoms with Gasteiger partial charge in [-0.2, -0.15) is 8.42 Å². The molecule has 0 spiro atoms. The molecule has 2 N–H and O–H groups in total. The Morgan fingerprint density at radius 2 is 1.08 bits per heavy atom.